The lowest BCUT2D eigenvalue weighted by atomic mass is 9.91. The monoisotopic (exact) mass is 517 g/mol. The first-order valence-electron chi connectivity index (χ1n) is 12.4. The van der Waals surface area contributed by atoms with Gasteiger partial charge >= 0.3 is 6.18 Å². The van der Waals surface area contributed by atoms with Gasteiger partial charge in [-0.3, -0.25) is 4.79 Å². The topological polar surface area (TPSA) is 112 Å². The number of aromatic amines is 1. The summed E-state index contributed by atoms with van der Waals surface area (Å²) in [6.07, 6.45) is 0.301. The molecule has 0 aromatic carbocycles. The molecule has 0 radical (unpaired) electrons. The number of anilines is 2. The number of carbonyl (C=O) groups excluding carboxylic acids is 1. The summed E-state index contributed by atoms with van der Waals surface area (Å²) in [5, 5.41) is 10.5. The van der Waals surface area contributed by atoms with Gasteiger partial charge in [-0.05, 0) is 58.9 Å². The number of halogens is 3. The Morgan fingerprint density at radius 3 is 2.70 bits per heavy atom. The molecular formula is C25H30F3N7O2. The number of alkyl halides is 3. The van der Waals surface area contributed by atoms with Gasteiger partial charge in [0.1, 0.15) is 22.6 Å². The van der Waals surface area contributed by atoms with Gasteiger partial charge in [-0.2, -0.15) is 13.2 Å². The van der Waals surface area contributed by atoms with Crippen molar-refractivity contribution in [2.75, 3.05) is 23.3 Å². The summed E-state index contributed by atoms with van der Waals surface area (Å²) >= 11 is 0. The van der Waals surface area contributed by atoms with Crippen molar-refractivity contribution in [2.24, 2.45) is 0 Å². The molecule has 12 heteroatoms. The summed E-state index contributed by atoms with van der Waals surface area (Å²) in [4.78, 5) is 26.3. The molecule has 1 unspecified atom stereocenters. The first-order valence-corrected chi connectivity index (χ1v) is 12.4. The van der Waals surface area contributed by atoms with Gasteiger partial charge < -0.3 is 25.0 Å². The largest absolute Gasteiger partial charge is 0.419 e. The number of piperidine rings is 1. The maximum Gasteiger partial charge on any atom is 0.419 e. The van der Waals surface area contributed by atoms with Crippen LogP contribution in [-0.4, -0.2) is 50.7 Å². The second-order valence-corrected chi connectivity index (χ2v) is 10.4. The van der Waals surface area contributed by atoms with Crippen molar-refractivity contribution in [1.29, 1.82) is 0 Å². The number of aromatic nitrogens is 4. The number of H-pyrrole nitrogens is 1. The Bertz CT molecular complexity index is 1300. The van der Waals surface area contributed by atoms with Crippen LogP contribution in [0.1, 0.15) is 66.2 Å². The van der Waals surface area contributed by atoms with Crippen LogP contribution in [0.15, 0.2) is 16.9 Å². The second-order valence-electron chi connectivity index (χ2n) is 10.4. The summed E-state index contributed by atoms with van der Waals surface area (Å²) in [7, 11) is 0. The molecule has 0 spiro atoms. The maximum atomic E-state index is 14.0. The second kappa shape index (κ2) is 9.16. The van der Waals surface area contributed by atoms with Gasteiger partial charge in [-0.25, -0.2) is 9.97 Å². The smallest absolute Gasteiger partial charge is 0.359 e. The third-order valence-electron chi connectivity index (χ3n) is 7.15. The van der Waals surface area contributed by atoms with Crippen molar-refractivity contribution >= 4 is 17.5 Å². The molecule has 1 saturated heterocycles. The zero-order chi connectivity index (χ0) is 26.5. The molecule has 2 aliphatic heterocycles. The van der Waals surface area contributed by atoms with Crippen LogP contribution >= 0.6 is 0 Å². The molecule has 37 heavy (non-hydrogen) atoms. The van der Waals surface area contributed by atoms with Gasteiger partial charge in [0.2, 0.25) is 5.95 Å². The van der Waals surface area contributed by atoms with E-state index in [1.165, 1.54) is 6.20 Å². The standard InChI is InChI=1S/C25H30F3N7O2/c1-13-21(14(2)37-34-13)35-9-5-6-16-17(11-29-20(16)22(35)36)19-18(25(26,27)28)12-30-23(33-19)32-15-7-8-24(3,4)31-10-15/h11-12,15,29,31H,5-10H2,1-4H3,(H,30,32,33). The fraction of sp³-hybridized carbons (Fsp3) is 0.520. The van der Waals surface area contributed by atoms with Gasteiger partial charge in [0.15, 0.2) is 5.76 Å². The summed E-state index contributed by atoms with van der Waals surface area (Å²) in [6.45, 7) is 8.74. The molecule has 9 nitrogen and oxygen atoms in total. The number of nitrogens with zero attached hydrogens (tertiary/aromatic N) is 4. The third kappa shape index (κ3) is 4.81. The normalized spacial score (nSPS) is 20.0. The van der Waals surface area contributed by atoms with Crippen molar-refractivity contribution in [2.45, 2.75) is 71.1 Å². The Hall–Kier alpha value is -3.41. The van der Waals surface area contributed by atoms with E-state index in [0.29, 0.717) is 48.6 Å². The van der Waals surface area contributed by atoms with E-state index in [-0.39, 0.29) is 40.4 Å². The van der Waals surface area contributed by atoms with Crippen molar-refractivity contribution < 1.29 is 22.5 Å². The van der Waals surface area contributed by atoms with E-state index in [9.17, 15) is 18.0 Å². The van der Waals surface area contributed by atoms with Crippen molar-refractivity contribution in [3.8, 4) is 11.3 Å². The predicted octanol–water partition coefficient (Wildman–Crippen LogP) is 4.63. The Labute approximate surface area is 212 Å². The Kier molecular flexibility index (Phi) is 6.25. The van der Waals surface area contributed by atoms with Crippen molar-refractivity contribution in [3.05, 3.63) is 40.7 Å². The van der Waals surface area contributed by atoms with E-state index in [0.717, 1.165) is 19.0 Å². The van der Waals surface area contributed by atoms with E-state index in [1.54, 1.807) is 18.7 Å². The SMILES string of the molecule is Cc1noc(C)c1N1CCCc2c(-c3nc(NC4CCC(C)(C)NC4)ncc3C(F)(F)F)c[nH]c2C1=O. The Morgan fingerprint density at radius 1 is 1.27 bits per heavy atom. The Morgan fingerprint density at radius 2 is 2.05 bits per heavy atom. The summed E-state index contributed by atoms with van der Waals surface area (Å²) in [5.41, 5.74) is 0.993. The van der Waals surface area contributed by atoms with Crippen LogP contribution in [0.25, 0.3) is 11.3 Å². The molecule has 5 heterocycles. The van der Waals surface area contributed by atoms with Crippen LogP contribution in [0.4, 0.5) is 24.8 Å². The minimum absolute atomic E-state index is 0.00821. The lowest BCUT2D eigenvalue weighted by Crippen LogP contribution is -2.50. The van der Waals surface area contributed by atoms with E-state index in [4.69, 9.17) is 4.52 Å². The summed E-state index contributed by atoms with van der Waals surface area (Å²) < 4.78 is 47.3. The highest BCUT2D eigenvalue weighted by Gasteiger charge is 2.38. The van der Waals surface area contributed by atoms with Crippen LogP contribution in [0.2, 0.25) is 0 Å². The lowest BCUT2D eigenvalue weighted by molar-refractivity contribution is -0.137. The molecule has 1 atom stereocenters. The fourth-order valence-corrected chi connectivity index (χ4v) is 5.14. The number of fused-ring (bicyclic) bond motifs is 1. The van der Waals surface area contributed by atoms with Gasteiger partial charge in [-0.1, -0.05) is 5.16 Å². The fourth-order valence-electron chi connectivity index (χ4n) is 5.14. The number of hydrogen-bond donors (Lipinski definition) is 3. The average molecular weight is 518 g/mol. The Balaban J connectivity index is 1.51. The molecule has 3 aromatic heterocycles. The van der Waals surface area contributed by atoms with Crippen LogP contribution in [0, 0.1) is 13.8 Å². The molecule has 0 saturated carbocycles. The minimum atomic E-state index is -4.66. The lowest BCUT2D eigenvalue weighted by Gasteiger charge is -2.36. The molecule has 0 bridgehead atoms. The summed E-state index contributed by atoms with van der Waals surface area (Å²) in [6, 6.07) is -0.00821. The number of carbonyl (C=O) groups is 1. The zero-order valence-electron chi connectivity index (χ0n) is 21.2. The highest BCUT2D eigenvalue weighted by atomic mass is 19.4. The molecule has 1 amide bonds. The first-order chi connectivity index (χ1) is 17.4. The van der Waals surface area contributed by atoms with Gasteiger partial charge in [0, 0.05) is 42.6 Å². The molecule has 2 aliphatic rings. The molecule has 198 valence electrons. The number of rotatable bonds is 4. The van der Waals surface area contributed by atoms with Crippen LogP contribution < -0.4 is 15.5 Å². The van der Waals surface area contributed by atoms with E-state index in [2.05, 4.69) is 44.6 Å². The van der Waals surface area contributed by atoms with Crippen LogP contribution in [-0.2, 0) is 12.6 Å². The molecule has 0 aliphatic carbocycles. The maximum absolute atomic E-state index is 14.0. The van der Waals surface area contributed by atoms with Gasteiger partial charge in [-0.15, -0.1) is 0 Å². The number of aryl methyl sites for hydroxylation is 2. The van der Waals surface area contributed by atoms with Crippen LogP contribution in [0.3, 0.4) is 0 Å². The predicted molar refractivity (Wildman–Crippen MR) is 132 cm³/mol. The van der Waals surface area contributed by atoms with Crippen molar-refractivity contribution in [3.63, 3.8) is 0 Å². The summed E-state index contributed by atoms with van der Waals surface area (Å²) in [5.74, 6) is 0.291. The first kappa shape index (κ1) is 25.2. The highest BCUT2D eigenvalue weighted by Crippen LogP contribution is 2.40. The molecule has 3 aromatic rings. The van der Waals surface area contributed by atoms with E-state index in [1.807, 2.05) is 0 Å². The highest BCUT2D eigenvalue weighted by molar-refractivity contribution is 6.07. The third-order valence-corrected chi connectivity index (χ3v) is 7.15. The molecular weight excluding hydrogens is 487 g/mol. The van der Waals surface area contributed by atoms with Crippen LogP contribution in [0.5, 0.6) is 0 Å². The van der Waals surface area contributed by atoms with Gasteiger partial charge in [0.05, 0.1) is 5.69 Å². The zero-order valence-corrected chi connectivity index (χ0v) is 21.2. The number of amides is 1. The van der Waals surface area contributed by atoms with Crippen molar-refractivity contribution in [1.82, 2.24) is 25.4 Å². The van der Waals surface area contributed by atoms with Gasteiger partial charge in [0.25, 0.3) is 5.91 Å². The quantitative estimate of drug-likeness (QED) is 0.463. The number of hydrogen-bond acceptors (Lipinski definition) is 7. The van der Waals surface area contributed by atoms with E-state index >= 15 is 0 Å². The molecule has 3 N–H and O–H groups in total. The average Bonchev–Trinajstić information content (AvgIpc) is 3.35. The van der Waals surface area contributed by atoms with E-state index < -0.39 is 11.7 Å². The number of nitrogens with one attached hydrogen (secondary N) is 3. The molecule has 5 rings (SSSR count). The minimum Gasteiger partial charge on any atom is -0.359 e. The molecule has 1 fully saturated rings.